The van der Waals surface area contributed by atoms with E-state index in [1.807, 2.05) is 12.1 Å². The second-order valence-corrected chi connectivity index (χ2v) is 5.55. The van der Waals surface area contributed by atoms with Crippen molar-refractivity contribution >= 4 is 5.97 Å². The van der Waals surface area contributed by atoms with E-state index < -0.39 is 5.97 Å². The largest absolute Gasteiger partial charge is 0.481 e. The van der Waals surface area contributed by atoms with Gasteiger partial charge in [0.15, 0.2) is 0 Å². The molecular weight excluding hydrogens is 228 g/mol. The maximum atomic E-state index is 10.9. The van der Waals surface area contributed by atoms with E-state index in [9.17, 15) is 4.79 Å². The summed E-state index contributed by atoms with van der Waals surface area (Å²) in [6, 6.07) is 4.03. The van der Waals surface area contributed by atoms with Gasteiger partial charge in [-0.2, -0.15) is 0 Å². The Morgan fingerprint density at radius 3 is 2.89 bits per heavy atom. The number of carboxylic acid groups (broad SMARTS) is 1. The van der Waals surface area contributed by atoms with E-state index in [0.29, 0.717) is 0 Å². The van der Waals surface area contributed by atoms with Crippen molar-refractivity contribution in [3.05, 3.63) is 30.1 Å². The zero-order valence-electron chi connectivity index (χ0n) is 10.8. The zero-order chi connectivity index (χ0) is 13.0. The van der Waals surface area contributed by atoms with Crippen molar-refractivity contribution in [3.63, 3.8) is 0 Å². The first-order chi connectivity index (χ1) is 8.57. The second-order valence-electron chi connectivity index (χ2n) is 5.55. The minimum Gasteiger partial charge on any atom is -0.481 e. The molecule has 18 heavy (non-hydrogen) atoms. The predicted octanol–water partition coefficient (Wildman–Crippen LogP) is 2.16. The zero-order valence-corrected chi connectivity index (χ0v) is 10.8. The lowest BCUT2D eigenvalue weighted by Crippen LogP contribution is -2.42. The second kappa shape index (κ2) is 5.48. The van der Waals surface area contributed by atoms with Crippen molar-refractivity contribution in [1.82, 2.24) is 9.88 Å². The molecular formula is C14H20N2O2. The van der Waals surface area contributed by atoms with Crippen LogP contribution in [0.3, 0.4) is 0 Å². The lowest BCUT2D eigenvalue weighted by molar-refractivity contribution is -0.140. The molecule has 0 spiro atoms. The Kier molecular flexibility index (Phi) is 3.97. The van der Waals surface area contributed by atoms with E-state index in [2.05, 4.69) is 16.8 Å². The molecule has 1 aliphatic rings. The summed E-state index contributed by atoms with van der Waals surface area (Å²) in [5, 5.41) is 8.98. The molecule has 1 fully saturated rings. The molecule has 0 radical (unpaired) electrons. The highest BCUT2D eigenvalue weighted by molar-refractivity contribution is 5.67. The molecule has 4 heteroatoms. The van der Waals surface area contributed by atoms with Crippen molar-refractivity contribution in [2.75, 3.05) is 13.1 Å². The average Bonchev–Trinajstić information content (AvgIpc) is 2.28. The number of piperidine rings is 1. The Bertz CT molecular complexity index is 408. The summed E-state index contributed by atoms with van der Waals surface area (Å²) >= 11 is 0. The van der Waals surface area contributed by atoms with Crippen LogP contribution in [0.4, 0.5) is 0 Å². The number of nitrogens with zero attached hydrogens (tertiary/aromatic N) is 2. The van der Waals surface area contributed by atoms with E-state index in [4.69, 9.17) is 5.11 Å². The summed E-state index contributed by atoms with van der Waals surface area (Å²) in [6.45, 7) is 4.89. The first kappa shape index (κ1) is 13.0. The maximum absolute atomic E-state index is 10.9. The first-order valence-electron chi connectivity index (χ1n) is 6.40. The summed E-state index contributed by atoms with van der Waals surface area (Å²) in [6.07, 6.45) is 5.95. The fourth-order valence-electron chi connectivity index (χ4n) is 2.82. The van der Waals surface area contributed by atoms with Gasteiger partial charge < -0.3 is 5.11 Å². The number of carboxylic acids is 1. The van der Waals surface area contributed by atoms with Gasteiger partial charge in [0.1, 0.15) is 0 Å². The first-order valence-corrected chi connectivity index (χ1v) is 6.40. The molecule has 1 atom stereocenters. The van der Waals surface area contributed by atoms with E-state index in [1.54, 1.807) is 12.4 Å². The highest BCUT2D eigenvalue weighted by atomic mass is 16.4. The van der Waals surface area contributed by atoms with Crippen LogP contribution in [0.15, 0.2) is 24.5 Å². The van der Waals surface area contributed by atoms with Crippen molar-refractivity contribution in [2.45, 2.75) is 32.7 Å². The molecule has 2 heterocycles. The van der Waals surface area contributed by atoms with Gasteiger partial charge in [-0.05, 0) is 42.5 Å². The van der Waals surface area contributed by atoms with Gasteiger partial charge >= 0.3 is 5.97 Å². The summed E-state index contributed by atoms with van der Waals surface area (Å²) in [4.78, 5) is 17.3. The maximum Gasteiger partial charge on any atom is 0.303 e. The predicted molar refractivity (Wildman–Crippen MR) is 69.1 cm³/mol. The van der Waals surface area contributed by atoms with Gasteiger partial charge in [-0.3, -0.25) is 14.7 Å². The molecule has 0 saturated carbocycles. The third kappa shape index (κ3) is 3.53. The molecule has 1 unspecified atom stereocenters. The van der Waals surface area contributed by atoms with Crippen LogP contribution in [-0.2, 0) is 11.3 Å². The Labute approximate surface area is 108 Å². The highest BCUT2D eigenvalue weighted by Crippen LogP contribution is 2.33. The van der Waals surface area contributed by atoms with E-state index in [-0.39, 0.29) is 11.8 Å². The van der Waals surface area contributed by atoms with Crippen LogP contribution in [-0.4, -0.2) is 34.0 Å². The Balaban J connectivity index is 1.96. The molecule has 2 rings (SSSR count). The molecule has 4 nitrogen and oxygen atoms in total. The molecule has 0 bridgehead atoms. The summed E-state index contributed by atoms with van der Waals surface area (Å²) in [7, 11) is 0. The number of carbonyl (C=O) groups is 1. The molecule has 0 aliphatic carbocycles. The average molecular weight is 248 g/mol. The van der Waals surface area contributed by atoms with Gasteiger partial charge in [-0.25, -0.2) is 0 Å². The Morgan fingerprint density at radius 2 is 2.22 bits per heavy atom. The summed E-state index contributed by atoms with van der Waals surface area (Å²) in [5.74, 6) is -0.691. The van der Waals surface area contributed by atoms with Gasteiger partial charge in [0.2, 0.25) is 0 Å². The monoisotopic (exact) mass is 248 g/mol. The normalized spacial score (nSPS) is 24.9. The third-order valence-corrected chi connectivity index (χ3v) is 3.59. The third-order valence-electron chi connectivity index (χ3n) is 3.59. The Morgan fingerprint density at radius 1 is 1.50 bits per heavy atom. The van der Waals surface area contributed by atoms with E-state index >= 15 is 0 Å². The highest BCUT2D eigenvalue weighted by Gasteiger charge is 2.32. The van der Waals surface area contributed by atoms with Gasteiger partial charge in [0.25, 0.3) is 0 Å². The SMILES string of the molecule is CC1(CC(=O)O)CCCN(Cc2ccncc2)C1. The molecule has 1 aromatic heterocycles. The molecule has 98 valence electrons. The van der Waals surface area contributed by atoms with Crippen molar-refractivity contribution in [2.24, 2.45) is 5.41 Å². The van der Waals surface area contributed by atoms with Crippen LogP contribution in [0.2, 0.25) is 0 Å². The van der Waals surface area contributed by atoms with Crippen molar-refractivity contribution in [1.29, 1.82) is 0 Å². The number of hydrogen-bond acceptors (Lipinski definition) is 3. The minimum atomic E-state index is -0.691. The Hall–Kier alpha value is -1.42. The van der Waals surface area contributed by atoms with Crippen LogP contribution in [0.25, 0.3) is 0 Å². The topological polar surface area (TPSA) is 53.4 Å². The molecule has 1 N–H and O–H groups in total. The molecule has 1 saturated heterocycles. The fourth-order valence-corrected chi connectivity index (χ4v) is 2.82. The van der Waals surface area contributed by atoms with E-state index in [1.165, 1.54) is 5.56 Å². The van der Waals surface area contributed by atoms with Gasteiger partial charge in [0, 0.05) is 25.5 Å². The molecule has 1 aromatic rings. The minimum absolute atomic E-state index is 0.0862. The number of hydrogen-bond donors (Lipinski definition) is 1. The fraction of sp³-hybridized carbons (Fsp3) is 0.571. The number of pyridine rings is 1. The van der Waals surface area contributed by atoms with Gasteiger partial charge in [0.05, 0.1) is 6.42 Å². The van der Waals surface area contributed by atoms with Gasteiger partial charge in [-0.1, -0.05) is 6.92 Å². The molecule has 1 aliphatic heterocycles. The lowest BCUT2D eigenvalue weighted by atomic mass is 9.79. The molecule has 0 amide bonds. The van der Waals surface area contributed by atoms with Crippen LogP contribution in [0, 0.1) is 5.41 Å². The van der Waals surface area contributed by atoms with Crippen LogP contribution in [0.1, 0.15) is 31.7 Å². The van der Waals surface area contributed by atoms with E-state index in [0.717, 1.165) is 32.5 Å². The van der Waals surface area contributed by atoms with Crippen molar-refractivity contribution in [3.8, 4) is 0 Å². The van der Waals surface area contributed by atoms with Crippen molar-refractivity contribution < 1.29 is 9.90 Å². The lowest BCUT2D eigenvalue weighted by Gasteiger charge is -2.39. The molecule has 0 aromatic carbocycles. The standard InChI is InChI=1S/C14H20N2O2/c1-14(9-13(17)18)5-2-8-16(11-14)10-12-3-6-15-7-4-12/h3-4,6-7H,2,5,8-11H2,1H3,(H,17,18). The van der Waals surface area contributed by atoms with Crippen LogP contribution >= 0.6 is 0 Å². The number of rotatable bonds is 4. The number of aromatic nitrogens is 1. The van der Waals surface area contributed by atoms with Crippen LogP contribution < -0.4 is 0 Å². The van der Waals surface area contributed by atoms with Gasteiger partial charge in [-0.15, -0.1) is 0 Å². The summed E-state index contributed by atoms with van der Waals surface area (Å²) in [5.41, 5.74) is 1.15. The number of aliphatic carboxylic acids is 1. The number of likely N-dealkylation sites (tertiary alicyclic amines) is 1. The smallest absolute Gasteiger partial charge is 0.303 e. The summed E-state index contributed by atoms with van der Waals surface area (Å²) < 4.78 is 0. The van der Waals surface area contributed by atoms with Crippen LogP contribution in [0.5, 0.6) is 0 Å². The quantitative estimate of drug-likeness (QED) is 0.887.